The van der Waals surface area contributed by atoms with Crippen molar-refractivity contribution in [2.45, 2.75) is 25.4 Å². The Morgan fingerprint density at radius 1 is 1.71 bits per heavy atom. The molecule has 1 fully saturated rings. The average molecular weight is 258 g/mol. The SMILES string of the molecule is Cn1ncc(NCCC2CCCO2)c(Cl)c1=O. The highest BCUT2D eigenvalue weighted by atomic mass is 35.5. The van der Waals surface area contributed by atoms with Crippen molar-refractivity contribution in [1.82, 2.24) is 9.78 Å². The quantitative estimate of drug-likeness (QED) is 0.886. The summed E-state index contributed by atoms with van der Waals surface area (Å²) in [7, 11) is 1.57. The molecule has 1 saturated heterocycles. The van der Waals surface area contributed by atoms with Crippen LogP contribution in [0.4, 0.5) is 5.69 Å². The fraction of sp³-hybridized carbons (Fsp3) is 0.636. The minimum Gasteiger partial charge on any atom is -0.382 e. The second-order valence-corrected chi connectivity index (χ2v) is 4.53. The summed E-state index contributed by atoms with van der Waals surface area (Å²) in [5, 5.41) is 7.23. The predicted octanol–water partition coefficient (Wildman–Crippen LogP) is 1.41. The highest BCUT2D eigenvalue weighted by molar-refractivity contribution is 6.32. The van der Waals surface area contributed by atoms with Crippen LogP contribution in [0.2, 0.25) is 5.02 Å². The van der Waals surface area contributed by atoms with Crippen molar-refractivity contribution < 1.29 is 4.74 Å². The summed E-state index contributed by atoms with van der Waals surface area (Å²) in [6.45, 7) is 1.60. The van der Waals surface area contributed by atoms with Crippen LogP contribution in [-0.2, 0) is 11.8 Å². The van der Waals surface area contributed by atoms with Gasteiger partial charge in [0.15, 0.2) is 0 Å². The molecule has 1 unspecified atom stereocenters. The molecule has 1 aliphatic rings. The first-order valence-electron chi connectivity index (χ1n) is 5.76. The van der Waals surface area contributed by atoms with E-state index in [2.05, 4.69) is 10.4 Å². The molecule has 1 aliphatic heterocycles. The Morgan fingerprint density at radius 2 is 2.53 bits per heavy atom. The Labute approximate surface area is 105 Å². The molecule has 0 bridgehead atoms. The number of halogens is 1. The number of hydrogen-bond donors (Lipinski definition) is 1. The van der Waals surface area contributed by atoms with E-state index in [1.54, 1.807) is 13.2 Å². The molecule has 5 nitrogen and oxygen atoms in total. The number of aromatic nitrogens is 2. The monoisotopic (exact) mass is 257 g/mol. The summed E-state index contributed by atoms with van der Waals surface area (Å²) in [5.41, 5.74) is 0.307. The summed E-state index contributed by atoms with van der Waals surface area (Å²) in [4.78, 5) is 11.5. The second-order valence-electron chi connectivity index (χ2n) is 4.15. The Balaban J connectivity index is 1.90. The molecule has 0 spiro atoms. The van der Waals surface area contributed by atoms with E-state index in [9.17, 15) is 4.79 Å². The minimum absolute atomic E-state index is 0.190. The zero-order valence-corrected chi connectivity index (χ0v) is 10.5. The van der Waals surface area contributed by atoms with Gasteiger partial charge in [0.05, 0.1) is 18.0 Å². The van der Waals surface area contributed by atoms with Crippen LogP contribution >= 0.6 is 11.6 Å². The van der Waals surface area contributed by atoms with Gasteiger partial charge in [-0.25, -0.2) is 4.68 Å². The van der Waals surface area contributed by atoms with Crippen LogP contribution in [0.1, 0.15) is 19.3 Å². The van der Waals surface area contributed by atoms with Gasteiger partial charge in [-0.15, -0.1) is 0 Å². The zero-order chi connectivity index (χ0) is 12.3. The summed E-state index contributed by atoms with van der Waals surface area (Å²) in [6, 6.07) is 0. The lowest BCUT2D eigenvalue weighted by Gasteiger charge is -2.11. The van der Waals surface area contributed by atoms with Gasteiger partial charge in [0.1, 0.15) is 5.02 Å². The van der Waals surface area contributed by atoms with Crippen LogP contribution in [0.5, 0.6) is 0 Å². The Kier molecular flexibility index (Phi) is 4.02. The van der Waals surface area contributed by atoms with E-state index >= 15 is 0 Å². The molecule has 0 saturated carbocycles. The molecular weight excluding hydrogens is 242 g/mol. The number of hydrogen-bond acceptors (Lipinski definition) is 4. The van der Waals surface area contributed by atoms with E-state index in [0.717, 1.165) is 32.4 Å². The molecule has 1 aromatic rings. The van der Waals surface area contributed by atoms with Crippen LogP contribution < -0.4 is 10.9 Å². The molecule has 6 heteroatoms. The number of aryl methyl sites for hydroxylation is 1. The maximum Gasteiger partial charge on any atom is 0.287 e. The van der Waals surface area contributed by atoms with Crippen LogP contribution in [0.3, 0.4) is 0 Å². The Hall–Kier alpha value is -1.07. The maximum absolute atomic E-state index is 11.5. The van der Waals surface area contributed by atoms with Gasteiger partial charge in [-0.3, -0.25) is 4.79 Å². The molecule has 0 amide bonds. The first kappa shape index (κ1) is 12.4. The molecule has 1 aromatic heterocycles. The van der Waals surface area contributed by atoms with Gasteiger partial charge in [-0.1, -0.05) is 11.6 Å². The molecule has 2 rings (SSSR count). The fourth-order valence-electron chi connectivity index (χ4n) is 1.87. The smallest absolute Gasteiger partial charge is 0.287 e. The number of nitrogens with one attached hydrogen (secondary N) is 1. The molecule has 17 heavy (non-hydrogen) atoms. The Morgan fingerprint density at radius 3 is 3.24 bits per heavy atom. The summed E-state index contributed by atoms with van der Waals surface area (Å²) < 4.78 is 6.73. The van der Waals surface area contributed by atoms with E-state index in [4.69, 9.17) is 16.3 Å². The topological polar surface area (TPSA) is 56.1 Å². The normalized spacial score (nSPS) is 19.5. The molecule has 0 radical (unpaired) electrons. The largest absolute Gasteiger partial charge is 0.382 e. The highest BCUT2D eigenvalue weighted by Crippen LogP contribution is 2.18. The standard InChI is InChI=1S/C11H16ClN3O2/c1-15-11(16)10(12)9(7-14-15)13-5-4-8-3-2-6-17-8/h7-8,13H,2-6H2,1H3. The van der Waals surface area contributed by atoms with Crippen molar-refractivity contribution in [3.8, 4) is 0 Å². The van der Waals surface area contributed by atoms with Crippen molar-refractivity contribution >= 4 is 17.3 Å². The Bertz CT molecular complexity index is 441. The van der Waals surface area contributed by atoms with Crippen LogP contribution in [0, 0.1) is 0 Å². The van der Waals surface area contributed by atoms with E-state index in [0.29, 0.717) is 11.8 Å². The summed E-state index contributed by atoms with van der Waals surface area (Å²) in [6.07, 6.45) is 5.08. The molecule has 1 atom stereocenters. The lowest BCUT2D eigenvalue weighted by Crippen LogP contribution is -2.22. The molecule has 0 aliphatic carbocycles. The third-order valence-electron chi connectivity index (χ3n) is 2.88. The van der Waals surface area contributed by atoms with E-state index in [-0.39, 0.29) is 10.6 Å². The first-order valence-corrected chi connectivity index (χ1v) is 6.13. The number of nitrogens with zero attached hydrogens (tertiary/aromatic N) is 2. The van der Waals surface area contributed by atoms with Gasteiger partial charge in [0, 0.05) is 20.2 Å². The predicted molar refractivity (Wildman–Crippen MR) is 66.6 cm³/mol. The average Bonchev–Trinajstić information content (AvgIpc) is 2.82. The second kappa shape index (κ2) is 5.51. The maximum atomic E-state index is 11.5. The van der Waals surface area contributed by atoms with E-state index < -0.39 is 0 Å². The fourth-order valence-corrected chi connectivity index (χ4v) is 2.11. The van der Waals surface area contributed by atoms with Crippen molar-refractivity contribution in [3.05, 3.63) is 21.6 Å². The molecule has 0 aromatic carbocycles. The van der Waals surface area contributed by atoms with Gasteiger partial charge >= 0.3 is 0 Å². The van der Waals surface area contributed by atoms with Gasteiger partial charge in [-0.05, 0) is 19.3 Å². The highest BCUT2D eigenvalue weighted by Gasteiger charge is 2.15. The minimum atomic E-state index is -0.284. The molecule has 94 valence electrons. The first-order chi connectivity index (χ1) is 8.18. The van der Waals surface area contributed by atoms with Crippen molar-refractivity contribution in [3.63, 3.8) is 0 Å². The van der Waals surface area contributed by atoms with Gasteiger partial charge in [0.2, 0.25) is 0 Å². The molecule has 1 N–H and O–H groups in total. The molecular formula is C11H16ClN3O2. The van der Waals surface area contributed by atoms with Crippen molar-refractivity contribution in [2.75, 3.05) is 18.5 Å². The molecule has 2 heterocycles. The van der Waals surface area contributed by atoms with E-state index in [1.165, 1.54) is 4.68 Å². The van der Waals surface area contributed by atoms with Gasteiger partial charge in [-0.2, -0.15) is 5.10 Å². The zero-order valence-electron chi connectivity index (χ0n) is 9.78. The number of anilines is 1. The summed E-state index contributed by atoms with van der Waals surface area (Å²) in [5.74, 6) is 0. The lowest BCUT2D eigenvalue weighted by atomic mass is 10.2. The van der Waals surface area contributed by atoms with Gasteiger partial charge in [0.25, 0.3) is 5.56 Å². The summed E-state index contributed by atoms with van der Waals surface area (Å²) >= 11 is 5.93. The van der Waals surface area contributed by atoms with Crippen molar-refractivity contribution in [1.29, 1.82) is 0 Å². The van der Waals surface area contributed by atoms with Crippen LogP contribution in [0.15, 0.2) is 11.0 Å². The van der Waals surface area contributed by atoms with Crippen LogP contribution in [-0.4, -0.2) is 29.0 Å². The lowest BCUT2D eigenvalue weighted by molar-refractivity contribution is 0.107. The number of ether oxygens (including phenoxy) is 1. The van der Waals surface area contributed by atoms with Crippen LogP contribution in [0.25, 0.3) is 0 Å². The van der Waals surface area contributed by atoms with E-state index in [1.807, 2.05) is 0 Å². The van der Waals surface area contributed by atoms with Gasteiger partial charge < -0.3 is 10.1 Å². The van der Waals surface area contributed by atoms with Crippen molar-refractivity contribution in [2.24, 2.45) is 7.05 Å². The third kappa shape index (κ3) is 2.98. The third-order valence-corrected chi connectivity index (χ3v) is 3.25. The number of rotatable bonds is 4.